The van der Waals surface area contributed by atoms with E-state index in [4.69, 9.17) is 4.74 Å². The second-order valence-electron chi connectivity index (χ2n) is 3.41. The van der Waals surface area contributed by atoms with Gasteiger partial charge in [0.25, 0.3) is 5.91 Å². The predicted octanol–water partition coefficient (Wildman–Crippen LogP) is 1.88. The molecule has 1 amide bonds. The molecule has 0 saturated heterocycles. The molecule has 1 heterocycles. The van der Waals surface area contributed by atoms with Crippen LogP contribution >= 0.6 is 0 Å². The molecule has 0 atom stereocenters. The minimum absolute atomic E-state index is 0.153. The monoisotopic (exact) mass is 247 g/mol. The highest BCUT2D eigenvalue weighted by Gasteiger charge is 2.08. The van der Waals surface area contributed by atoms with E-state index < -0.39 is 5.91 Å². The summed E-state index contributed by atoms with van der Waals surface area (Å²) in [6.45, 7) is 0. The molecule has 1 N–H and O–H groups in total. The summed E-state index contributed by atoms with van der Waals surface area (Å²) in [4.78, 5) is 19.5. The van der Waals surface area contributed by atoms with Crippen LogP contribution in [0.4, 0.5) is 10.1 Å². The summed E-state index contributed by atoms with van der Waals surface area (Å²) in [5, 5.41) is 2.57. The van der Waals surface area contributed by atoms with Crippen molar-refractivity contribution in [2.75, 3.05) is 12.4 Å². The summed E-state index contributed by atoms with van der Waals surface area (Å²) < 4.78 is 17.5. The average molecular weight is 247 g/mol. The van der Waals surface area contributed by atoms with Gasteiger partial charge in [-0.3, -0.25) is 4.79 Å². The number of carbonyl (C=O) groups is 1. The van der Waals surface area contributed by atoms with Gasteiger partial charge in [0.2, 0.25) is 5.88 Å². The Labute approximate surface area is 103 Å². The van der Waals surface area contributed by atoms with E-state index in [1.165, 1.54) is 43.8 Å². The van der Waals surface area contributed by atoms with Gasteiger partial charge in [-0.25, -0.2) is 14.4 Å². The molecule has 0 unspecified atom stereocenters. The molecule has 2 rings (SSSR count). The van der Waals surface area contributed by atoms with Crippen molar-refractivity contribution in [1.82, 2.24) is 9.97 Å². The van der Waals surface area contributed by atoms with Crippen LogP contribution in [0.25, 0.3) is 0 Å². The number of benzene rings is 1. The van der Waals surface area contributed by atoms with Gasteiger partial charge in [-0.2, -0.15) is 0 Å². The Balaban J connectivity index is 2.09. The largest absolute Gasteiger partial charge is 0.480 e. The average Bonchev–Trinajstić information content (AvgIpc) is 2.41. The Morgan fingerprint density at radius 2 is 1.94 bits per heavy atom. The molecule has 0 aliphatic carbocycles. The first-order chi connectivity index (χ1) is 8.69. The number of hydrogen-bond donors (Lipinski definition) is 1. The molecule has 92 valence electrons. The third kappa shape index (κ3) is 2.79. The first kappa shape index (κ1) is 12.0. The molecule has 1 aromatic heterocycles. The topological polar surface area (TPSA) is 64.1 Å². The number of rotatable bonds is 3. The zero-order chi connectivity index (χ0) is 13.0. The van der Waals surface area contributed by atoms with Crippen LogP contribution < -0.4 is 10.1 Å². The first-order valence-corrected chi connectivity index (χ1v) is 5.12. The van der Waals surface area contributed by atoms with E-state index in [0.29, 0.717) is 11.6 Å². The first-order valence-electron chi connectivity index (χ1n) is 5.12. The lowest BCUT2D eigenvalue weighted by molar-refractivity contribution is 0.102. The summed E-state index contributed by atoms with van der Waals surface area (Å²) in [6, 6.07) is 5.44. The zero-order valence-electron chi connectivity index (χ0n) is 9.55. The van der Waals surface area contributed by atoms with Crippen LogP contribution in [-0.4, -0.2) is 23.0 Å². The van der Waals surface area contributed by atoms with Crippen molar-refractivity contribution in [3.8, 4) is 5.88 Å². The quantitative estimate of drug-likeness (QED) is 0.899. The summed E-state index contributed by atoms with van der Waals surface area (Å²) in [5.74, 6) is -0.456. The Bertz CT molecular complexity index is 540. The number of anilines is 1. The fraction of sp³-hybridized carbons (Fsp3) is 0.0833. The fourth-order valence-electron chi connectivity index (χ4n) is 1.27. The molecule has 0 spiro atoms. The second-order valence-corrected chi connectivity index (χ2v) is 3.41. The van der Waals surface area contributed by atoms with Crippen molar-refractivity contribution in [2.24, 2.45) is 0 Å². The Morgan fingerprint density at radius 1 is 1.22 bits per heavy atom. The third-order valence-electron chi connectivity index (χ3n) is 2.17. The molecule has 2 aromatic rings. The molecule has 5 nitrogen and oxygen atoms in total. The molecule has 18 heavy (non-hydrogen) atoms. The normalized spacial score (nSPS) is 9.89. The summed E-state index contributed by atoms with van der Waals surface area (Å²) >= 11 is 0. The minimum Gasteiger partial charge on any atom is -0.480 e. The lowest BCUT2D eigenvalue weighted by Gasteiger charge is -2.04. The second kappa shape index (κ2) is 5.22. The van der Waals surface area contributed by atoms with Crippen LogP contribution in [0.15, 0.2) is 36.7 Å². The van der Waals surface area contributed by atoms with Gasteiger partial charge in [0.1, 0.15) is 11.5 Å². The Morgan fingerprint density at radius 3 is 2.50 bits per heavy atom. The Hall–Kier alpha value is -2.50. The maximum absolute atomic E-state index is 12.7. The molecular formula is C12H10FN3O2. The lowest BCUT2D eigenvalue weighted by Crippen LogP contribution is -2.14. The maximum atomic E-state index is 12.7. The summed E-state index contributed by atoms with van der Waals surface area (Å²) in [6.07, 6.45) is 2.65. The highest BCUT2D eigenvalue weighted by atomic mass is 19.1. The van der Waals surface area contributed by atoms with Gasteiger partial charge in [-0.1, -0.05) is 0 Å². The van der Waals surface area contributed by atoms with Gasteiger partial charge in [-0.15, -0.1) is 0 Å². The molecule has 0 radical (unpaired) electrons. The van der Waals surface area contributed by atoms with Crippen molar-refractivity contribution >= 4 is 11.6 Å². The number of nitrogens with zero attached hydrogens (tertiary/aromatic N) is 2. The number of ether oxygens (including phenoxy) is 1. The lowest BCUT2D eigenvalue weighted by atomic mass is 10.3. The van der Waals surface area contributed by atoms with Crippen LogP contribution in [0.5, 0.6) is 5.88 Å². The van der Waals surface area contributed by atoms with E-state index in [-0.39, 0.29) is 11.5 Å². The van der Waals surface area contributed by atoms with E-state index in [2.05, 4.69) is 15.3 Å². The van der Waals surface area contributed by atoms with Crippen molar-refractivity contribution in [3.63, 3.8) is 0 Å². The van der Waals surface area contributed by atoms with Gasteiger partial charge in [0.15, 0.2) is 0 Å². The number of carbonyl (C=O) groups excluding carboxylic acids is 1. The molecule has 6 heteroatoms. The minimum atomic E-state index is -0.420. The maximum Gasteiger partial charge on any atom is 0.275 e. The number of nitrogens with one attached hydrogen (secondary N) is 1. The highest BCUT2D eigenvalue weighted by molar-refractivity contribution is 6.02. The van der Waals surface area contributed by atoms with Gasteiger partial charge in [0.05, 0.1) is 19.5 Å². The van der Waals surface area contributed by atoms with Gasteiger partial charge < -0.3 is 10.1 Å². The Kier molecular flexibility index (Phi) is 3.47. The molecule has 0 bridgehead atoms. The number of amides is 1. The smallest absolute Gasteiger partial charge is 0.275 e. The molecule has 1 aromatic carbocycles. The predicted molar refractivity (Wildman–Crippen MR) is 62.9 cm³/mol. The highest BCUT2D eigenvalue weighted by Crippen LogP contribution is 2.10. The van der Waals surface area contributed by atoms with Gasteiger partial charge >= 0.3 is 0 Å². The van der Waals surface area contributed by atoms with Crippen LogP contribution in [0.1, 0.15) is 10.5 Å². The third-order valence-corrected chi connectivity index (χ3v) is 2.17. The van der Waals surface area contributed by atoms with E-state index in [1.807, 2.05) is 0 Å². The van der Waals surface area contributed by atoms with E-state index in [9.17, 15) is 9.18 Å². The molecule has 0 aliphatic heterocycles. The van der Waals surface area contributed by atoms with Crippen molar-refractivity contribution in [1.29, 1.82) is 0 Å². The number of aromatic nitrogens is 2. The van der Waals surface area contributed by atoms with Gasteiger partial charge in [-0.05, 0) is 24.3 Å². The standard InChI is InChI=1S/C12H10FN3O2/c1-18-11-7-14-10(6-15-11)12(17)16-9-4-2-8(13)3-5-9/h2-7H,1H3,(H,16,17). The fourth-order valence-corrected chi connectivity index (χ4v) is 1.27. The van der Waals surface area contributed by atoms with E-state index in [1.54, 1.807) is 0 Å². The number of hydrogen-bond acceptors (Lipinski definition) is 4. The molecule has 0 saturated carbocycles. The SMILES string of the molecule is COc1cnc(C(=O)Nc2ccc(F)cc2)cn1. The van der Waals surface area contributed by atoms with Crippen LogP contribution in [-0.2, 0) is 0 Å². The van der Waals surface area contributed by atoms with Crippen LogP contribution in [0.2, 0.25) is 0 Å². The molecule has 0 aliphatic rings. The van der Waals surface area contributed by atoms with Crippen molar-refractivity contribution in [2.45, 2.75) is 0 Å². The van der Waals surface area contributed by atoms with Crippen molar-refractivity contribution < 1.29 is 13.9 Å². The summed E-state index contributed by atoms with van der Waals surface area (Å²) in [7, 11) is 1.46. The summed E-state index contributed by atoms with van der Waals surface area (Å²) in [5.41, 5.74) is 0.638. The van der Waals surface area contributed by atoms with Crippen molar-refractivity contribution in [3.05, 3.63) is 48.2 Å². The molecular weight excluding hydrogens is 237 g/mol. The number of halogens is 1. The molecule has 0 fully saturated rings. The number of methoxy groups -OCH3 is 1. The van der Waals surface area contributed by atoms with E-state index >= 15 is 0 Å². The van der Waals surface area contributed by atoms with Crippen LogP contribution in [0.3, 0.4) is 0 Å². The van der Waals surface area contributed by atoms with Gasteiger partial charge in [0, 0.05) is 5.69 Å². The van der Waals surface area contributed by atoms with E-state index in [0.717, 1.165) is 0 Å². The zero-order valence-corrected chi connectivity index (χ0v) is 9.55. The van der Waals surface area contributed by atoms with Crippen LogP contribution in [0, 0.1) is 5.82 Å².